The Kier molecular flexibility index (Phi) is 11.2. The number of anilines is 3. The van der Waals surface area contributed by atoms with Gasteiger partial charge in [-0.2, -0.15) is 18.4 Å². The van der Waals surface area contributed by atoms with Crippen molar-refractivity contribution in [2.45, 2.75) is 33.1 Å². The number of hydrogen-bond acceptors (Lipinski definition) is 5. The zero-order valence-electron chi connectivity index (χ0n) is 22.1. The van der Waals surface area contributed by atoms with E-state index in [0.717, 1.165) is 0 Å². The average Bonchev–Trinajstić information content (AvgIpc) is 2.93. The summed E-state index contributed by atoms with van der Waals surface area (Å²) in [5.41, 5.74) is 0.474. The van der Waals surface area contributed by atoms with E-state index in [1.165, 1.54) is 43.3 Å². The normalized spacial score (nSPS) is 11.7. The highest BCUT2D eigenvalue weighted by Gasteiger charge is 2.31. The predicted molar refractivity (Wildman–Crippen MR) is 149 cm³/mol. The highest BCUT2D eigenvalue weighted by atomic mass is 19.4. The van der Waals surface area contributed by atoms with Gasteiger partial charge >= 0.3 is 6.18 Å². The number of nitrogens with one attached hydrogen (secondary N) is 3. The van der Waals surface area contributed by atoms with Crippen LogP contribution in [0.3, 0.4) is 0 Å². The molecule has 1 unspecified atom stereocenters. The van der Waals surface area contributed by atoms with E-state index in [2.05, 4.69) is 22.5 Å². The molecule has 3 aromatic carbocycles. The lowest BCUT2D eigenvalue weighted by Gasteiger charge is -2.16. The van der Waals surface area contributed by atoms with Crippen LogP contribution in [0.4, 0.5) is 30.2 Å². The first-order chi connectivity index (χ1) is 19.0. The smallest absolute Gasteiger partial charge is 0.384 e. The molecular formula is C30H29F3N4O3. The zero-order chi connectivity index (χ0) is 29.9. The van der Waals surface area contributed by atoms with Crippen LogP contribution in [0.25, 0.3) is 0 Å². The van der Waals surface area contributed by atoms with Crippen molar-refractivity contribution < 1.29 is 27.9 Å². The molecule has 0 saturated carbocycles. The minimum absolute atomic E-state index is 0.220. The number of amides is 2. The van der Waals surface area contributed by atoms with Crippen molar-refractivity contribution in [1.29, 1.82) is 5.26 Å². The summed E-state index contributed by atoms with van der Waals surface area (Å²) in [6.45, 7) is 8.37. The van der Waals surface area contributed by atoms with Crippen LogP contribution in [0, 0.1) is 11.3 Å². The van der Waals surface area contributed by atoms with Gasteiger partial charge < -0.3 is 21.1 Å². The van der Waals surface area contributed by atoms with Crippen LogP contribution in [-0.4, -0.2) is 23.1 Å². The summed E-state index contributed by atoms with van der Waals surface area (Å²) >= 11 is 0. The molecule has 0 aromatic heterocycles. The second-order valence-corrected chi connectivity index (χ2v) is 8.18. The molecule has 0 fully saturated rings. The van der Waals surface area contributed by atoms with Crippen LogP contribution in [0.5, 0.6) is 0 Å². The zero-order valence-corrected chi connectivity index (χ0v) is 22.1. The molecule has 0 aliphatic carbocycles. The van der Waals surface area contributed by atoms with E-state index < -0.39 is 29.5 Å². The molecule has 40 heavy (non-hydrogen) atoms. The van der Waals surface area contributed by atoms with Crippen molar-refractivity contribution in [2.24, 2.45) is 0 Å². The Balaban J connectivity index is 0.00000274. The Hall–Kier alpha value is -4.88. The molecule has 4 N–H and O–H groups in total. The van der Waals surface area contributed by atoms with E-state index >= 15 is 0 Å². The van der Waals surface area contributed by atoms with E-state index in [0.29, 0.717) is 22.9 Å². The van der Waals surface area contributed by atoms with Crippen molar-refractivity contribution in [1.82, 2.24) is 0 Å². The molecule has 0 bridgehead atoms. The fraction of sp³-hybridized carbons (Fsp3) is 0.167. The van der Waals surface area contributed by atoms with Crippen molar-refractivity contribution in [3.05, 3.63) is 113 Å². The maximum absolute atomic E-state index is 13.2. The largest absolute Gasteiger partial charge is 0.415 e. The molecular weight excluding hydrogens is 521 g/mol. The van der Waals surface area contributed by atoms with Crippen LogP contribution >= 0.6 is 0 Å². The lowest BCUT2D eigenvalue weighted by atomic mass is 10.0. The summed E-state index contributed by atoms with van der Waals surface area (Å²) in [7, 11) is 0. The molecule has 0 heterocycles. The number of rotatable bonds is 8. The molecule has 0 spiro atoms. The lowest BCUT2D eigenvalue weighted by molar-refractivity contribution is -0.114. The van der Waals surface area contributed by atoms with Crippen molar-refractivity contribution >= 4 is 28.9 Å². The number of hydrogen-bond donors (Lipinski definition) is 4. The number of nitriles is 1. The van der Waals surface area contributed by atoms with Gasteiger partial charge in [0.2, 0.25) is 5.91 Å². The summed E-state index contributed by atoms with van der Waals surface area (Å²) in [6.07, 6.45) is -5.27. The van der Waals surface area contributed by atoms with Gasteiger partial charge in [0.1, 0.15) is 11.8 Å². The van der Waals surface area contributed by atoms with E-state index in [1.54, 1.807) is 36.4 Å². The first-order valence-corrected chi connectivity index (χ1v) is 12.2. The fourth-order valence-electron chi connectivity index (χ4n) is 3.37. The van der Waals surface area contributed by atoms with Gasteiger partial charge in [-0.05, 0) is 59.7 Å². The van der Waals surface area contributed by atoms with Crippen LogP contribution in [0.15, 0.2) is 96.7 Å². The van der Waals surface area contributed by atoms with E-state index in [9.17, 15) is 27.9 Å². The summed E-state index contributed by atoms with van der Waals surface area (Å²) in [4.78, 5) is 24.2. The van der Waals surface area contributed by atoms with Crippen LogP contribution in [-0.2, 0) is 9.59 Å². The van der Waals surface area contributed by atoms with Crippen LogP contribution in [0.2, 0.25) is 0 Å². The summed E-state index contributed by atoms with van der Waals surface area (Å²) in [5.74, 6) is -1.13. The second kappa shape index (κ2) is 14.3. The van der Waals surface area contributed by atoms with E-state index in [-0.39, 0.29) is 22.8 Å². The van der Waals surface area contributed by atoms with E-state index in [1.807, 2.05) is 19.9 Å². The Morgan fingerprint density at radius 2 is 1.50 bits per heavy atom. The third-order valence-electron chi connectivity index (χ3n) is 5.21. The molecule has 1 atom stereocenters. The molecule has 10 heteroatoms. The Morgan fingerprint density at radius 1 is 0.900 bits per heavy atom. The quantitative estimate of drug-likeness (QED) is 0.185. The first-order valence-electron chi connectivity index (χ1n) is 12.2. The molecule has 0 aliphatic rings. The summed E-state index contributed by atoms with van der Waals surface area (Å²) in [5, 5.41) is 27.6. The number of aliphatic hydroxyl groups is 1. The number of carbonyl (C=O) groups is 2. The molecule has 3 rings (SSSR count). The van der Waals surface area contributed by atoms with Gasteiger partial charge in [0, 0.05) is 24.0 Å². The number of carbonyl (C=O) groups excluding carboxylic acids is 2. The SMILES string of the molecule is C=C(/C=C(\Nc1cccc(C#N)c1)C(=O)Nc1cccc(C(O)c2ccc(NC(C)=O)cc2)c1)C(F)(F)F.CC. The standard InChI is InChI=1S/C28H23F3N4O3.C2H6/c1-17(28(29,30)31)13-25(34-23-7-3-5-19(14-23)16-32)27(38)35-24-8-4-6-21(15-24)26(37)20-9-11-22(12-10-20)33-18(2)36;1-2/h3-15,26,34,37H,1H2,2H3,(H,33,36)(H,35,38);1-2H3/b25-13-;. The van der Waals surface area contributed by atoms with Crippen LogP contribution < -0.4 is 16.0 Å². The maximum atomic E-state index is 13.2. The number of benzene rings is 3. The maximum Gasteiger partial charge on any atom is 0.415 e. The number of nitrogens with zero attached hydrogens (tertiary/aromatic N) is 1. The van der Waals surface area contributed by atoms with E-state index in [4.69, 9.17) is 5.26 Å². The van der Waals surface area contributed by atoms with Crippen molar-refractivity contribution in [2.75, 3.05) is 16.0 Å². The first kappa shape index (κ1) is 31.3. The fourth-order valence-corrected chi connectivity index (χ4v) is 3.37. The van der Waals surface area contributed by atoms with Gasteiger partial charge in [0.25, 0.3) is 5.91 Å². The molecule has 7 nitrogen and oxygen atoms in total. The van der Waals surface area contributed by atoms with Gasteiger partial charge in [0.05, 0.1) is 17.2 Å². The molecule has 0 radical (unpaired) electrons. The molecule has 2 amide bonds. The summed E-state index contributed by atoms with van der Waals surface area (Å²) in [6, 6.07) is 20.5. The summed E-state index contributed by atoms with van der Waals surface area (Å²) < 4.78 is 39.5. The number of allylic oxidation sites excluding steroid dienone is 2. The van der Waals surface area contributed by atoms with Gasteiger partial charge in [-0.25, -0.2) is 0 Å². The monoisotopic (exact) mass is 550 g/mol. The minimum Gasteiger partial charge on any atom is -0.384 e. The topological polar surface area (TPSA) is 114 Å². The Bertz CT molecular complexity index is 1430. The lowest BCUT2D eigenvalue weighted by Crippen LogP contribution is -2.21. The predicted octanol–water partition coefficient (Wildman–Crippen LogP) is 6.68. The van der Waals surface area contributed by atoms with Crippen LogP contribution in [0.1, 0.15) is 43.6 Å². The van der Waals surface area contributed by atoms with Gasteiger partial charge in [-0.3, -0.25) is 9.59 Å². The number of halogens is 3. The third-order valence-corrected chi connectivity index (χ3v) is 5.21. The van der Waals surface area contributed by atoms with Gasteiger partial charge in [-0.15, -0.1) is 0 Å². The van der Waals surface area contributed by atoms with Crippen molar-refractivity contribution in [3.8, 4) is 6.07 Å². The number of aliphatic hydroxyl groups excluding tert-OH is 1. The Morgan fingerprint density at radius 3 is 2.08 bits per heavy atom. The minimum atomic E-state index is -4.76. The molecule has 0 saturated heterocycles. The molecule has 3 aromatic rings. The third kappa shape index (κ3) is 9.15. The number of alkyl halides is 3. The van der Waals surface area contributed by atoms with Gasteiger partial charge in [0.15, 0.2) is 0 Å². The highest BCUT2D eigenvalue weighted by molar-refractivity contribution is 6.06. The average molecular weight is 551 g/mol. The van der Waals surface area contributed by atoms with Gasteiger partial charge in [-0.1, -0.05) is 50.8 Å². The highest BCUT2D eigenvalue weighted by Crippen LogP contribution is 2.28. The second-order valence-electron chi connectivity index (χ2n) is 8.18. The Labute approximate surface area is 230 Å². The molecule has 0 aliphatic heterocycles. The molecule has 208 valence electrons. The van der Waals surface area contributed by atoms with Crippen molar-refractivity contribution in [3.63, 3.8) is 0 Å².